The largest absolute Gasteiger partial charge is 0.508 e. The third-order valence-electron chi connectivity index (χ3n) is 5.53. The van der Waals surface area contributed by atoms with Gasteiger partial charge in [-0.1, -0.05) is 92.4 Å². The van der Waals surface area contributed by atoms with Gasteiger partial charge in [0, 0.05) is 16.7 Å². The molecule has 5 aromatic rings. The van der Waals surface area contributed by atoms with Gasteiger partial charge in [0.2, 0.25) is 0 Å². The molecule has 0 spiro atoms. The third-order valence-corrected chi connectivity index (χ3v) is 5.53. The summed E-state index contributed by atoms with van der Waals surface area (Å²) in [4.78, 5) is 0. The van der Waals surface area contributed by atoms with Crippen molar-refractivity contribution in [2.24, 2.45) is 0 Å². The van der Waals surface area contributed by atoms with Crippen LogP contribution in [0.3, 0.4) is 0 Å². The smallest absolute Gasteiger partial charge is 0.116 e. The summed E-state index contributed by atoms with van der Waals surface area (Å²) in [6, 6.07) is 35.1. The van der Waals surface area contributed by atoms with Crippen molar-refractivity contribution in [2.45, 2.75) is 14.0 Å². The zero-order chi connectivity index (χ0) is 21.9. The number of phenols is 1. The van der Waals surface area contributed by atoms with E-state index in [-0.39, 0.29) is 19.8 Å². The number of aliphatic hydroxyl groups is 1. The van der Waals surface area contributed by atoms with Gasteiger partial charge in [-0.15, -0.1) is 0 Å². The average molecular weight is 435 g/mol. The van der Waals surface area contributed by atoms with Crippen LogP contribution in [0.4, 0.5) is 0 Å². The van der Waals surface area contributed by atoms with Gasteiger partial charge in [-0.2, -0.15) is 5.10 Å². The number of phenolic OH excluding ortho intramolecular Hbond substituents is 1. The first-order valence-electron chi connectivity index (χ1n) is 10.5. The van der Waals surface area contributed by atoms with E-state index < -0.39 is 0 Å². The Hall–Kier alpha value is -4.15. The van der Waals surface area contributed by atoms with E-state index in [4.69, 9.17) is 5.10 Å². The van der Waals surface area contributed by atoms with Gasteiger partial charge in [0.05, 0.1) is 23.7 Å². The summed E-state index contributed by atoms with van der Waals surface area (Å²) in [6.45, 7) is -0.152. The number of hydrogen-bond acceptors (Lipinski definition) is 3. The quantitative estimate of drug-likeness (QED) is 0.323. The monoisotopic (exact) mass is 434 g/mol. The first-order valence-corrected chi connectivity index (χ1v) is 10.5. The molecule has 0 bridgehead atoms. The summed E-state index contributed by atoms with van der Waals surface area (Å²) in [5, 5.41) is 25.5. The standard InChI is InChI=1S/C28H22N2O2.CH4/c31-19-26-27(25-17-8-7-16-24(25)21-12-9-15-23(32)18-21)29-30(22-13-5-2-6-14-22)28(26)20-10-3-1-4-11-20;/h1-18,31-32H,19H2;1H4. The van der Waals surface area contributed by atoms with E-state index in [0.29, 0.717) is 5.69 Å². The van der Waals surface area contributed by atoms with Gasteiger partial charge in [0.15, 0.2) is 0 Å². The minimum atomic E-state index is -0.152. The van der Waals surface area contributed by atoms with Gasteiger partial charge in [0.1, 0.15) is 5.75 Å². The molecular weight excluding hydrogens is 408 g/mol. The van der Waals surface area contributed by atoms with Crippen LogP contribution in [-0.4, -0.2) is 20.0 Å². The van der Waals surface area contributed by atoms with Crippen molar-refractivity contribution in [1.82, 2.24) is 9.78 Å². The maximum atomic E-state index is 10.5. The van der Waals surface area contributed by atoms with Gasteiger partial charge in [-0.25, -0.2) is 4.68 Å². The number of aromatic hydroxyl groups is 1. The van der Waals surface area contributed by atoms with Gasteiger partial charge in [-0.3, -0.25) is 0 Å². The molecule has 5 rings (SSSR count). The molecular formula is C29H26N2O2. The second-order valence-electron chi connectivity index (χ2n) is 7.54. The lowest BCUT2D eigenvalue weighted by atomic mass is 9.94. The molecule has 0 atom stereocenters. The molecule has 0 amide bonds. The van der Waals surface area contributed by atoms with E-state index >= 15 is 0 Å². The van der Waals surface area contributed by atoms with Gasteiger partial charge < -0.3 is 10.2 Å². The fourth-order valence-electron chi connectivity index (χ4n) is 4.08. The molecule has 4 nitrogen and oxygen atoms in total. The zero-order valence-corrected chi connectivity index (χ0v) is 17.4. The lowest BCUT2D eigenvalue weighted by molar-refractivity contribution is 0.283. The molecule has 0 aliphatic rings. The summed E-state index contributed by atoms with van der Waals surface area (Å²) in [5.41, 5.74) is 6.96. The molecule has 1 heterocycles. The number of benzene rings is 4. The Balaban J connectivity index is 0.00000259. The summed E-state index contributed by atoms with van der Waals surface area (Å²) >= 11 is 0. The number of aliphatic hydroxyl groups excluding tert-OH is 1. The van der Waals surface area contributed by atoms with E-state index in [1.807, 2.05) is 102 Å². The molecule has 0 unspecified atom stereocenters. The Morgan fingerprint density at radius 1 is 0.667 bits per heavy atom. The van der Waals surface area contributed by atoms with E-state index in [1.165, 1.54) is 0 Å². The predicted molar refractivity (Wildman–Crippen MR) is 134 cm³/mol. The number of hydrogen-bond donors (Lipinski definition) is 2. The van der Waals surface area contributed by atoms with Crippen molar-refractivity contribution in [1.29, 1.82) is 0 Å². The van der Waals surface area contributed by atoms with Crippen molar-refractivity contribution in [3.63, 3.8) is 0 Å². The molecule has 2 N–H and O–H groups in total. The number of nitrogens with zero attached hydrogens (tertiary/aromatic N) is 2. The fraction of sp³-hybridized carbons (Fsp3) is 0.0690. The lowest BCUT2D eigenvalue weighted by Gasteiger charge is -2.10. The summed E-state index contributed by atoms with van der Waals surface area (Å²) < 4.78 is 1.90. The van der Waals surface area contributed by atoms with Crippen LogP contribution in [0, 0.1) is 0 Å². The van der Waals surface area contributed by atoms with Crippen molar-refractivity contribution in [3.05, 3.63) is 115 Å². The number of rotatable bonds is 5. The Kier molecular flexibility index (Phi) is 6.38. The molecule has 164 valence electrons. The highest BCUT2D eigenvalue weighted by atomic mass is 16.3. The van der Waals surface area contributed by atoms with Gasteiger partial charge in [0.25, 0.3) is 0 Å². The highest BCUT2D eigenvalue weighted by Gasteiger charge is 2.22. The number of aromatic nitrogens is 2. The van der Waals surface area contributed by atoms with E-state index in [1.54, 1.807) is 12.1 Å². The zero-order valence-electron chi connectivity index (χ0n) is 17.4. The van der Waals surface area contributed by atoms with Crippen LogP contribution in [0.5, 0.6) is 5.75 Å². The molecule has 0 fully saturated rings. The van der Waals surface area contributed by atoms with Crippen LogP contribution in [0.25, 0.3) is 39.3 Å². The second-order valence-corrected chi connectivity index (χ2v) is 7.54. The average Bonchev–Trinajstić information content (AvgIpc) is 3.25. The van der Waals surface area contributed by atoms with Crippen LogP contribution in [0.1, 0.15) is 13.0 Å². The minimum absolute atomic E-state index is 0. The van der Waals surface area contributed by atoms with Gasteiger partial charge >= 0.3 is 0 Å². The molecule has 33 heavy (non-hydrogen) atoms. The van der Waals surface area contributed by atoms with Crippen molar-refractivity contribution >= 4 is 0 Å². The summed E-state index contributed by atoms with van der Waals surface area (Å²) in [5.74, 6) is 0.208. The van der Waals surface area contributed by atoms with E-state index in [2.05, 4.69) is 0 Å². The highest BCUT2D eigenvalue weighted by molar-refractivity contribution is 5.86. The summed E-state index contributed by atoms with van der Waals surface area (Å²) in [7, 11) is 0. The fourth-order valence-corrected chi connectivity index (χ4v) is 4.08. The summed E-state index contributed by atoms with van der Waals surface area (Å²) in [6.07, 6.45) is 0. The van der Waals surface area contributed by atoms with Crippen molar-refractivity contribution in [3.8, 4) is 45.1 Å². The topological polar surface area (TPSA) is 58.3 Å². The van der Waals surface area contributed by atoms with E-state index in [0.717, 1.165) is 39.2 Å². The van der Waals surface area contributed by atoms with Gasteiger partial charge in [-0.05, 0) is 35.4 Å². The first-order chi connectivity index (χ1) is 15.8. The first kappa shape index (κ1) is 22.1. The Morgan fingerprint density at radius 3 is 1.94 bits per heavy atom. The minimum Gasteiger partial charge on any atom is -0.508 e. The number of para-hydroxylation sites is 1. The normalized spacial score (nSPS) is 10.6. The van der Waals surface area contributed by atoms with Crippen LogP contribution in [0.2, 0.25) is 0 Å². The van der Waals surface area contributed by atoms with Crippen LogP contribution >= 0.6 is 0 Å². The van der Waals surface area contributed by atoms with E-state index in [9.17, 15) is 10.2 Å². The highest BCUT2D eigenvalue weighted by Crippen LogP contribution is 2.39. The third kappa shape index (κ3) is 4.16. The molecule has 0 saturated carbocycles. The van der Waals surface area contributed by atoms with Crippen LogP contribution < -0.4 is 0 Å². The molecule has 0 radical (unpaired) electrons. The Labute approximate surface area is 194 Å². The Bertz CT molecular complexity index is 1360. The molecule has 0 aliphatic heterocycles. The van der Waals surface area contributed by atoms with Crippen molar-refractivity contribution < 1.29 is 10.2 Å². The molecule has 4 aromatic carbocycles. The SMILES string of the molecule is C.OCc1c(-c2ccccc2-c2cccc(O)c2)nn(-c2ccccc2)c1-c1ccccc1. The molecule has 4 heteroatoms. The molecule has 0 aliphatic carbocycles. The second kappa shape index (κ2) is 9.55. The maximum absolute atomic E-state index is 10.5. The predicted octanol–water partition coefficient (Wildman–Crippen LogP) is 6.71. The molecule has 1 aromatic heterocycles. The van der Waals surface area contributed by atoms with Crippen LogP contribution in [-0.2, 0) is 6.61 Å². The Morgan fingerprint density at radius 2 is 1.27 bits per heavy atom. The van der Waals surface area contributed by atoms with Crippen LogP contribution in [0.15, 0.2) is 109 Å². The lowest BCUT2D eigenvalue weighted by Crippen LogP contribution is -1.99. The molecule has 0 saturated heterocycles. The van der Waals surface area contributed by atoms with Crippen molar-refractivity contribution in [2.75, 3.05) is 0 Å². The maximum Gasteiger partial charge on any atom is 0.116 e.